The third kappa shape index (κ3) is 3.55. The molecule has 0 radical (unpaired) electrons. The van der Waals surface area contributed by atoms with Crippen LogP contribution in [-0.4, -0.2) is 58.0 Å². The number of rotatable bonds is 4. The number of amidine groups is 1. The van der Waals surface area contributed by atoms with Gasteiger partial charge >= 0.3 is 0 Å². The molecule has 1 aromatic carbocycles. The predicted octanol–water partition coefficient (Wildman–Crippen LogP) is 1.20. The Morgan fingerprint density at radius 3 is 2.79 bits per heavy atom. The number of amides is 2. The number of hydrogen-bond acceptors (Lipinski definition) is 6. The summed E-state index contributed by atoms with van der Waals surface area (Å²) in [5.41, 5.74) is -0.414. The van der Waals surface area contributed by atoms with E-state index in [2.05, 4.69) is 20.5 Å². The number of carbonyl (C=O) groups excluding carboxylic acids is 2. The zero-order valence-electron chi connectivity index (χ0n) is 15.0. The maximum Gasteiger partial charge on any atom is 0.255 e. The standard InChI is InChI=1S/C19H18FN5O3/c20-14-2-1-3-15(10-14)28-12-16-23-18(27)19(24-16)5-8-25(9-6-19)17(26)13-4-7-21-22-11-13/h1-4,7,10-11H,5-6,8-9,12H2,(H,23,24,27). The van der Waals surface area contributed by atoms with E-state index < -0.39 is 11.4 Å². The highest BCUT2D eigenvalue weighted by Crippen LogP contribution is 2.30. The molecule has 2 aromatic rings. The summed E-state index contributed by atoms with van der Waals surface area (Å²) in [6, 6.07) is 7.39. The van der Waals surface area contributed by atoms with Crippen molar-refractivity contribution in [2.24, 2.45) is 4.99 Å². The Bertz CT molecular complexity index is 926. The minimum absolute atomic E-state index is 0.0439. The zero-order chi connectivity index (χ0) is 19.6. The second-order valence-corrected chi connectivity index (χ2v) is 6.71. The number of ether oxygens (including phenoxy) is 1. The molecule has 0 unspecified atom stereocenters. The van der Waals surface area contributed by atoms with E-state index >= 15 is 0 Å². The summed E-state index contributed by atoms with van der Waals surface area (Å²) in [6.07, 6.45) is 3.74. The fraction of sp³-hybridized carbons (Fsp3) is 0.316. The number of aliphatic imine (C=N–C) groups is 1. The average Bonchev–Trinajstić information content (AvgIpc) is 3.02. The molecule has 9 heteroatoms. The molecular weight excluding hydrogens is 365 g/mol. The van der Waals surface area contributed by atoms with Crippen LogP contribution in [0.4, 0.5) is 4.39 Å². The summed E-state index contributed by atoms with van der Waals surface area (Å²) in [6.45, 7) is 0.870. The van der Waals surface area contributed by atoms with E-state index in [1.807, 2.05) is 0 Å². The number of carbonyl (C=O) groups is 2. The molecule has 1 saturated heterocycles. The number of aromatic nitrogens is 2. The number of hydrogen-bond donors (Lipinski definition) is 1. The van der Waals surface area contributed by atoms with Crippen LogP contribution < -0.4 is 10.1 Å². The number of nitrogens with zero attached hydrogens (tertiary/aromatic N) is 4. The van der Waals surface area contributed by atoms with Gasteiger partial charge in [-0.1, -0.05) is 6.07 Å². The van der Waals surface area contributed by atoms with E-state index in [4.69, 9.17) is 4.74 Å². The highest BCUT2D eigenvalue weighted by molar-refractivity contribution is 6.09. The van der Waals surface area contributed by atoms with Crippen molar-refractivity contribution < 1.29 is 18.7 Å². The van der Waals surface area contributed by atoms with Gasteiger partial charge in [-0.3, -0.25) is 14.6 Å². The van der Waals surface area contributed by atoms with Crippen molar-refractivity contribution in [1.29, 1.82) is 0 Å². The van der Waals surface area contributed by atoms with Gasteiger partial charge in [0, 0.05) is 19.2 Å². The number of piperidine rings is 1. The van der Waals surface area contributed by atoms with Crippen LogP contribution in [0.1, 0.15) is 23.2 Å². The largest absolute Gasteiger partial charge is 0.486 e. The van der Waals surface area contributed by atoms with E-state index in [9.17, 15) is 14.0 Å². The normalized spacial score (nSPS) is 18.0. The van der Waals surface area contributed by atoms with Crippen molar-refractivity contribution in [2.75, 3.05) is 19.7 Å². The monoisotopic (exact) mass is 383 g/mol. The summed E-state index contributed by atoms with van der Waals surface area (Å²) < 4.78 is 18.7. The van der Waals surface area contributed by atoms with E-state index in [0.717, 1.165) is 0 Å². The second-order valence-electron chi connectivity index (χ2n) is 6.71. The molecule has 1 fully saturated rings. The van der Waals surface area contributed by atoms with Gasteiger partial charge in [0.05, 0.1) is 18.0 Å². The van der Waals surface area contributed by atoms with Crippen LogP contribution in [-0.2, 0) is 4.79 Å². The van der Waals surface area contributed by atoms with Crippen molar-refractivity contribution in [1.82, 2.24) is 20.4 Å². The van der Waals surface area contributed by atoms with Gasteiger partial charge in [-0.05, 0) is 31.0 Å². The first-order chi connectivity index (χ1) is 13.6. The Hall–Kier alpha value is -3.36. The lowest BCUT2D eigenvalue weighted by atomic mass is 9.88. The van der Waals surface area contributed by atoms with E-state index in [1.54, 1.807) is 23.1 Å². The van der Waals surface area contributed by atoms with Gasteiger partial charge in [-0.2, -0.15) is 10.2 Å². The first-order valence-electron chi connectivity index (χ1n) is 8.90. The van der Waals surface area contributed by atoms with Crippen LogP contribution in [0.25, 0.3) is 0 Å². The molecule has 3 heterocycles. The molecule has 0 saturated carbocycles. The number of benzene rings is 1. The Kier molecular flexibility index (Phi) is 4.72. The first kappa shape index (κ1) is 18.0. The average molecular weight is 383 g/mol. The van der Waals surface area contributed by atoms with E-state index in [0.29, 0.717) is 43.1 Å². The van der Waals surface area contributed by atoms with Crippen LogP contribution >= 0.6 is 0 Å². The van der Waals surface area contributed by atoms with Gasteiger partial charge in [-0.25, -0.2) is 4.39 Å². The summed E-state index contributed by atoms with van der Waals surface area (Å²) in [4.78, 5) is 31.2. The van der Waals surface area contributed by atoms with Gasteiger partial charge < -0.3 is 15.0 Å². The van der Waals surface area contributed by atoms with Gasteiger partial charge in [-0.15, -0.1) is 0 Å². The molecule has 4 rings (SSSR count). The smallest absolute Gasteiger partial charge is 0.255 e. The van der Waals surface area contributed by atoms with Crippen LogP contribution in [0.2, 0.25) is 0 Å². The Morgan fingerprint density at radius 1 is 1.25 bits per heavy atom. The molecular formula is C19H18FN5O3. The van der Waals surface area contributed by atoms with Crippen LogP contribution in [0.15, 0.2) is 47.7 Å². The third-order valence-corrected chi connectivity index (χ3v) is 4.91. The molecule has 28 heavy (non-hydrogen) atoms. The van der Waals surface area contributed by atoms with Gasteiger partial charge in [0.1, 0.15) is 29.5 Å². The van der Waals surface area contributed by atoms with Gasteiger partial charge in [0.2, 0.25) is 0 Å². The van der Waals surface area contributed by atoms with Gasteiger partial charge in [0.15, 0.2) is 0 Å². The van der Waals surface area contributed by atoms with Crippen molar-refractivity contribution in [3.05, 3.63) is 54.1 Å². The lowest BCUT2D eigenvalue weighted by Gasteiger charge is -2.35. The number of halogens is 1. The highest BCUT2D eigenvalue weighted by Gasteiger charge is 2.46. The molecule has 0 atom stereocenters. The number of likely N-dealkylation sites (tertiary alicyclic amines) is 1. The van der Waals surface area contributed by atoms with Crippen molar-refractivity contribution in [3.8, 4) is 5.75 Å². The SMILES string of the molecule is O=C(c1ccnnc1)N1CCC2(CC1)N=C(COc1cccc(F)c1)NC2=O. The van der Waals surface area contributed by atoms with Crippen LogP contribution in [0.5, 0.6) is 5.75 Å². The molecule has 1 spiro atoms. The van der Waals surface area contributed by atoms with Crippen LogP contribution in [0.3, 0.4) is 0 Å². The molecule has 8 nitrogen and oxygen atoms in total. The lowest BCUT2D eigenvalue weighted by Crippen LogP contribution is -2.50. The van der Waals surface area contributed by atoms with Crippen LogP contribution in [0, 0.1) is 5.82 Å². The Morgan fingerprint density at radius 2 is 2.07 bits per heavy atom. The zero-order valence-corrected chi connectivity index (χ0v) is 15.0. The molecule has 0 bridgehead atoms. The van der Waals surface area contributed by atoms with Crippen molar-refractivity contribution >= 4 is 17.6 Å². The molecule has 1 N–H and O–H groups in total. The quantitative estimate of drug-likeness (QED) is 0.856. The minimum Gasteiger partial charge on any atom is -0.486 e. The summed E-state index contributed by atoms with van der Waals surface area (Å²) in [5, 5.41) is 10.1. The van der Waals surface area contributed by atoms with Gasteiger partial charge in [0.25, 0.3) is 11.8 Å². The predicted molar refractivity (Wildman–Crippen MR) is 97.4 cm³/mol. The number of nitrogens with one attached hydrogen (secondary N) is 1. The second kappa shape index (κ2) is 7.34. The molecule has 2 aliphatic rings. The Balaban J connectivity index is 1.39. The molecule has 2 aliphatic heterocycles. The lowest BCUT2D eigenvalue weighted by molar-refractivity contribution is -0.125. The molecule has 1 aromatic heterocycles. The van der Waals surface area contributed by atoms with E-state index in [-0.39, 0.29) is 18.4 Å². The topological polar surface area (TPSA) is 96.8 Å². The molecule has 2 amide bonds. The van der Waals surface area contributed by atoms with Crippen molar-refractivity contribution in [2.45, 2.75) is 18.4 Å². The summed E-state index contributed by atoms with van der Waals surface area (Å²) in [7, 11) is 0. The highest BCUT2D eigenvalue weighted by atomic mass is 19.1. The van der Waals surface area contributed by atoms with E-state index in [1.165, 1.54) is 24.5 Å². The summed E-state index contributed by atoms with van der Waals surface area (Å²) in [5.74, 6) is 0.0502. The first-order valence-corrected chi connectivity index (χ1v) is 8.90. The minimum atomic E-state index is -0.881. The molecule has 144 valence electrons. The Labute approximate surface area is 160 Å². The maximum atomic E-state index is 13.2. The fourth-order valence-corrected chi connectivity index (χ4v) is 3.38. The fourth-order valence-electron chi connectivity index (χ4n) is 3.38. The maximum absolute atomic E-state index is 13.2. The van der Waals surface area contributed by atoms with Crippen molar-refractivity contribution in [3.63, 3.8) is 0 Å². The third-order valence-electron chi connectivity index (χ3n) is 4.91. The molecule has 0 aliphatic carbocycles. The summed E-state index contributed by atoms with van der Waals surface area (Å²) >= 11 is 0.